The molecule has 0 saturated carbocycles. The van der Waals surface area contributed by atoms with Crippen molar-refractivity contribution in [3.8, 4) is 11.5 Å². The lowest BCUT2D eigenvalue weighted by Gasteiger charge is -2.02. The number of ether oxygens (including phenoxy) is 1. The van der Waals surface area contributed by atoms with Crippen molar-refractivity contribution in [3.05, 3.63) is 52.5 Å². The first-order valence-electron chi connectivity index (χ1n) is 5.08. The van der Waals surface area contributed by atoms with Crippen molar-refractivity contribution in [3.63, 3.8) is 0 Å². The van der Waals surface area contributed by atoms with Gasteiger partial charge in [-0.1, -0.05) is 12.1 Å². The first-order valence-corrected chi connectivity index (χ1v) is 8.82. The summed E-state index contributed by atoms with van der Waals surface area (Å²) in [6, 6.07) is 11.3. The van der Waals surface area contributed by atoms with E-state index in [4.69, 9.17) is 9.84 Å². The maximum Gasteiger partial charge on any atom is 0.134 e. The van der Waals surface area contributed by atoms with Crippen molar-refractivity contribution in [1.29, 1.82) is 0 Å². The van der Waals surface area contributed by atoms with Crippen LogP contribution in [0.15, 0.2) is 45.3 Å². The average Bonchev–Trinajstić information content (AvgIpc) is 2.40. The molecule has 0 bridgehead atoms. The number of hydrogen-bond donors (Lipinski definition) is 1. The summed E-state index contributed by atoms with van der Waals surface area (Å²) in [6.45, 7) is 0. The highest BCUT2D eigenvalue weighted by atomic mass is 127. The Morgan fingerprint density at radius 1 is 0.947 bits per heavy atom. The van der Waals surface area contributed by atoms with Crippen molar-refractivity contribution >= 4 is 77.0 Å². The van der Waals surface area contributed by atoms with Crippen LogP contribution in [-0.2, 0) is 0 Å². The largest absolute Gasteiger partial charge is 0.507 e. The molecule has 0 radical (unpaired) electrons. The number of aromatic hydroxyl groups is 1. The molecule has 6 heteroatoms. The molecule has 0 aliphatic heterocycles. The van der Waals surface area contributed by atoms with Gasteiger partial charge in [0, 0.05) is 7.14 Å². The smallest absolute Gasteiger partial charge is 0.134 e. The number of methoxy groups -OCH3 is 1. The zero-order valence-electron chi connectivity index (χ0n) is 9.83. The van der Waals surface area contributed by atoms with Crippen LogP contribution in [0.5, 0.6) is 11.5 Å². The normalized spacial score (nSPS) is 9.53. The molecule has 0 saturated heterocycles. The number of halogens is 4. The summed E-state index contributed by atoms with van der Waals surface area (Å²) in [5.74, 6) is 1.17. The van der Waals surface area contributed by atoms with Gasteiger partial charge in [-0.25, -0.2) is 0 Å². The lowest BCUT2D eigenvalue weighted by molar-refractivity contribution is 0.412. The molecule has 19 heavy (non-hydrogen) atoms. The molecule has 0 atom stereocenters. The second-order valence-corrected chi connectivity index (χ2v) is 7.24. The summed E-state index contributed by atoms with van der Waals surface area (Å²) in [5.41, 5.74) is 0. The molecule has 0 amide bonds. The fourth-order valence-electron chi connectivity index (χ4n) is 1.13. The molecule has 2 aromatic rings. The maximum atomic E-state index is 9.05. The van der Waals surface area contributed by atoms with E-state index in [1.54, 1.807) is 13.2 Å². The molecular formula is C13H10Br2I2O2. The molecule has 0 heterocycles. The van der Waals surface area contributed by atoms with E-state index < -0.39 is 0 Å². The highest BCUT2D eigenvalue weighted by molar-refractivity contribution is 14.1. The van der Waals surface area contributed by atoms with E-state index in [1.165, 1.54) is 0 Å². The second kappa shape index (κ2) is 8.68. The van der Waals surface area contributed by atoms with Crippen LogP contribution in [0, 0.1) is 7.14 Å². The van der Waals surface area contributed by atoms with Crippen LogP contribution in [0.1, 0.15) is 0 Å². The van der Waals surface area contributed by atoms with Gasteiger partial charge in [0.1, 0.15) is 11.5 Å². The number of rotatable bonds is 1. The molecule has 102 valence electrons. The van der Waals surface area contributed by atoms with Crippen molar-refractivity contribution in [2.45, 2.75) is 0 Å². The van der Waals surface area contributed by atoms with Crippen LogP contribution in [0.2, 0.25) is 0 Å². The molecule has 0 spiro atoms. The number of phenolic OH excluding ortho intramolecular Hbond substituents is 1. The molecule has 2 rings (SSSR count). The topological polar surface area (TPSA) is 29.5 Å². The molecule has 0 fully saturated rings. The third kappa shape index (κ3) is 5.39. The summed E-state index contributed by atoms with van der Waals surface area (Å²) < 4.78 is 9.05. The Kier molecular flexibility index (Phi) is 8.00. The van der Waals surface area contributed by atoms with E-state index in [-0.39, 0.29) is 0 Å². The molecule has 2 aromatic carbocycles. The number of phenols is 1. The average molecular weight is 612 g/mol. The number of hydrogen-bond acceptors (Lipinski definition) is 2. The highest BCUT2D eigenvalue weighted by Crippen LogP contribution is 2.29. The molecule has 0 aliphatic carbocycles. The predicted molar refractivity (Wildman–Crippen MR) is 102 cm³/mol. The Bertz CT molecular complexity index is 542. The zero-order chi connectivity index (χ0) is 14.4. The Morgan fingerprint density at radius 3 is 1.89 bits per heavy atom. The van der Waals surface area contributed by atoms with E-state index in [0.29, 0.717) is 5.75 Å². The zero-order valence-corrected chi connectivity index (χ0v) is 17.3. The lowest BCUT2D eigenvalue weighted by Crippen LogP contribution is -1.84. The summed E-state index contributed by atoms with van der Waals surface area (Å²) in [7, 11) is 1.66. The van der Waals surface area contributed by atoms with Crippen molar-refractivity contribution < 1.29 is 9.84 Å². The van der Waals surface area contributed by atoms with E-state index >= 15 is 0 Å². The minimum atomic E-state index is 0.293. The first-order chi connectivity index (χ1) is 8.97. The van der Waals surface area contributed by atoms with Gasteiger partial charge in [-0.05, 0) is 101 Å². The molecule has 0 aromatic heterocycles. The standard InChI is InChI=1S/C7H6BrIO.C6H4BrIO/c1-10-6-4-2-3-5(9)7(6)8;7-6-4(8)2-1-3-5(6)9/h2-4H,1H3;1-3,9H. The van der Waals surface area contributed by atoms with Crippen molar-refractivity contribution in [2.24, 2.45) is 0 Å². The first kappa shape index (κ1) is 17.5. The third-order valence-electron chi connectivity index (χ3n) is 2.07. The van der Waals surface area contributed by atoms with Crippen LogP contribution in [0.25, 0.3) is 0 Å². The monoisotopic (exact) mass is 610 g/mol. The molecular weight excluding hydrogens is 602 g/mol. The van der Waals surface area contributed by atoms with Gasteiger partial charge in [0.25, 0.3) is 0 Å². The van der Waals surface area contributed by atoms with Gasteiger partial charge in [-0.15, -0.1) is 0 Å². The van der Waals surface area contributed by atoms with Crippen LogP contribution in [0.4, 0.5) is 0 Å². The van der Waals surface area contributed by atoms with E-state index in [9.17, 15) is 0 Å². The SMILES string of the molecule is COc1cccc(I)c1Br.Oc1cccc(I)c1Br. The minimum Gasteiger partial charge on any atom is -0.507 e. The van der Waals surface area contributed by atoms with E-state index in [1.807, 2.05) is 30.3 Å². The van der Waals surface area contributed by atoms with Gasteiger partial charge >= 0.3 is 0 Å². The van der Waals surface area contributed by atoms with Crippen molar-refractivity contribution in [1.82, 2.24) is 0 Å². The predicted octanol–water partition coefficient (Wildman–Crippen LogP) is 5.82. The molecule has 2 nitrogen and oxygen atoms in total. The Hall–Kier alpha value is 0.460. The summed E-state index contributed by atoms with van der Waals surface area (Å²) in [4.78, 5) is 0. The molecule has 0 aliphatic rings. The van der Waals surface area contributed by atoms with Crippen LogP contribution in [-0.4, -0.2) is 12.2 Å². The van der Waals surface area contributed by atoms with Crippen LogP contribution < -0.4 is 4.74 Å². The van der Waals surface area contributed by atoms with Crippen molar-refractivity contribution in [2.75, 3.05) is 7.11 Å². The summed E-state index contributed by atoms with van der Waals surface area (Å²) in [6.07, 6.45) is 0. The third-order valence-corrected chi connectivity index (χ3v) is 7.00. The Morgan fingerprint density at radius 2 is 1.47 bits per heavy atom. The van der Waals surface area contributed by atoms with Gasteiger partial charge < -0.3 is 9.84 Å². The van der Waals surface area contributed by atoms with Gasteiger partial charge in [0.05, 0.1) is 16.1 Å². The molecule has 1 N–H and O–H groups in total. The van der Waals surface area contributed by atoms with Crippen LogP contribution in [0.3, 0.4) is 0 Å². The van der Waals surface area contributed by atoms with Gasteiger partial charge in [0.15, 0.2) is 0 Å². The van der Waals surface area contributed by atoms with Gasteiger partial charge in [-0.2, -0.15) is 0 Å². The maximum absolute atomic E-state index is 9.05. The quantitative estimate of drug-likeness (QED) is 0.412. The van der Waals surface area contributed by atoms with Crippen LogP contribution >= 0.6 is 77.0 Å². The van der Waals surface area contributed by atoms with Gasteiger partial charge in [-0.3, -0.25) is 0 Å². The Balaban J connectivity index is 0.000000191. The highest BCUT2D eigenvalue weighted by Gasteiger charge is 2.00. The van der Waals surface area contributed by atoms with E-state index in [2.05, 4.69) is 77.0 Å². The molecule has 0 unspecified atom stereocenters. The fourth-order valence-corrected chi connectivity index (χ4v) is 2.78. The minimum absolute atomic E-state index is 0.293. The summed E-state index contributed by atoms with van der Waals surface area (Å²) in [5, 5.41) is 9.05. The fraction of sp³-hybridized carbons (Fsp3) is 0.0769. The lowest BCUT2D eigenvalue weighted by atomic mass is 10.3. The summed E-state index contributed by atoms with van der Waals surface area (Å²) >= 11 is 11.0. The van der Waals surface area contributed by atoms with Gasteiger partial charge in [0.2, 0.25) is 0 Å². The Labute approximate surface area is 156 Å². The second-order valence-electron chi connectivity index (χ2n) is 3.33. The van der Waals surface area contributed by atoms with E-state index in [0.717, 1.165) is 21.8 Å². The number of benzene rings is 2.